The summed E-state index contributed by atoms with van der Waals surface area (Å²) < 4.78 is 42.6. The Balaban J connectivity index is 1.90. The van der Waals surface area contributed by atoms with E-state index in [1.807, 2.05) is 27.7 Å². The molecule has 1 aromatic rings. The Labute approximate surface area is 127 Å². The monoisotopic (exact) mass is 311 g/mol. The van der Waals surface area contributed by atoms with Crippen LogP contribution in [0.25, 0.3) is 0 Å². The van der Waals surface area contributed by atoms with E-state index < -0.39 is 30.3 Å². The molecule has 0 aromatic heterocycles. The van der Waals surface area contributed by atoms with E-state index in [0.29, 0.717) is 5.46 Å². The second-order valence-electron chi connectivity index (χ2n) is 6.42. The normalized spacial score (nSPS) is 24.5. The number of alkyl halides is 2. The molecule has 0 atom stereocenters. The molecule has 22 heavy (non-hydrogen) atoms. The summed E-state index contributed by atoms with van der Waals surface area (Å²) >= 11 is 0. The third-order valence-electron chi connectivity index (χ3n) is 4.28. The zero-order chi connectivity index (χ0) is 16.3. The number of carbonyl (C=O) groups is 1. The van der Waals surface area contributed by atoms with E-state index in [1.165, 1.54) is 12.1 Å². The van der Waals surface area contributed by atoms with Gasteiger partial charge < -0.3 is 19.4 Å². The summed E-state index contributed by atoms with van der Waals surface area (Å²) in [7, 11) is -0.644. The average molecular weight is 311 g/mol. The van der Waals surface area contributed by atoms with Crippen molar-refractivity contribution in [2.75, 3.05) is 5.32 Å². The van der Waals surface area contributed by atoms with E-state index >= 15 is 0 Å². The minimum Gasteiger partial charge on any atom is -0.423 e. The molecule has 8 heteroatoms. The van der Waals surface area contributed by atoms with Gasteiger partial charge in [0.15, 0.2) is 0 Å². The highest BCUT2D eigenvalue weighted by atomic mass is 19.3. The maximum atomic E-state index is 13.2. The van der Waals surface area contributed by atoms with Crippen LogP contribution in [-0.2, 0) is 14.1 Å². The summed E-state index contributed by atoms with van der Waals surface area (Å²) in [6.07, 6.45) is -3.86. The number of rotatable bonds is 1. The molecule has 2 aliphatic heterocycles. The fraction of sp³-hybridized carbons (Fsp3) is 0.500. The van der Waals surface area contributed by atoms with Crippen molar-refractivity contribution in [2.24, 2.45) is 0 Å². The number of fused-ring (bicyclic) bond motifs is 1. The van der Waals surface area contributed by atoms with Crippen molar-refractivity contribution in [2.45, 2.75) is 45.0 Å². The molecule has 1 aromatic carbocycles. The fourth-order valence-electron chi connectivity index (χ4n) is 2.24. The van der Waals surface area contributed by atoms with Gasteiger partial charge in [0.05, 0.1) is 16.9 Å². The van der Waals surface area contributed by atoms with Gasteiger partial charge in [0, 0.05) is 0 Å². The summed E-state index contributed by atoms with van der Waals surface area (Å²) in [6.45, 7) is 7.65. The van der Waals surface area contributed by atoms with Gasteiger partial charge in [-0.2, -0.15) is 8.78 Å². The van der Waals surface area contributed by atoms with E-state index in [4.69, 9.17) is 9.31 Å². The largest absolute Gasteiger partial charge is 0.494 e. The fourth-order valence-corrected chi connectivity index (χ4v) is 2.24. The van der Waals surface area contributed by atoms with Crippen molar-refractivity contribution >= 4 is 24.2 Å². The zero-order valence-corrected chi connectivity index (χ0v) is 12.7. The summed E-state index contributed by atoms with van der Waals surface area (Å²) in [5.74, 6) is -1.59. The number of hydrogen-bond acceptors (Lipinski definition) is 4. The number of hydrogen-bond donors (Lipinski definition) is 1. The number of amides is 1. The smallest absolute Gasteiger partial charge is 0.423 e. The van der Waals surface area contributed by atoms with Gasteiger partial charge in [0.2, 0.25) is 0 Å². The molecule has 3 rings (SSSR count). The van der Waals surface area contributed by atoms with E-state index in [1.54, 1.807) is 6.07 Å². The van der Waals surface area contributed by atoms with Crippen LogP contribution in [-0.4, -0.2) is 30.3 Å². The Bertz CT molecular complexity index is 632. The minimum absolute atomic E-state index is 0.0927. The Morgan fingerprint density at radius 2 is 1.68 bits per heavy atom. The number of halogens is 2. The first-order chi connectivity index (χ1) is 10.0. The van der Waals surface area contributed by atoms with E-state index in [9.17, 15) is 13.6 Å². The molecule has 0 spiro atoms. The van der Waals surface area contributed by atoms with Crippen LogP contribution in [0, 0.1) is 0 Å². The average Bonchev–Trinajstić information content (AvgIpc) is 2.59. The third-order valence-corrected chi connectivity index (χ3v) is 4.28. The first-order valence-electron chi connectivity index (χ1n) is 6.90. The maximum Gasteiger partial charge on any atom is 0.494 e. The lowest BCUT2D eigenvalue weighted by Crippen LogP contribution is -2.44. The molecule has 0 unspecified atom stereocenters. The molecule has 0 radical (unpaired) electrons. The molecule has 1 fully saturated rings. The topological polar surface area (TPSA) is 56.8 Å². The van der Waals surface area contributed by atoms with Gasteiger partial charge in [-0.05, 0) is 45.3 Å². The van der Waals surface area contributed by atoms with Gasteiger partial charge in [0.1, 0.15) is 5.75 Å². The minimum atomic E-state index is -3.86. The van der Waals surface area contributed by atoms with Crippen LogP contribution in [0.15, 0.2) is 18.2 Å². The number of ether oxygens (including phenoxy) is 1. The van der Waals surface area contributed by atoms with Crippen LogP contribution in [0.5, 0.6) is 5.75 Å². The molecule has 1 saturated heterocycles. The van der Waals surface area contributed by atoms with Crippen molar-refractivity contribution in [1.82, 2.24) is 0 Å². The Morgan fingerprint density at radius 1 is 1.09 bits per heavy atom. The molecule has 118 valence electrons. The van der Waals surface area contributed by atoms with Crippen LogP contribution in [0.3, 0.4) is 0 Å². The van der Waals surface area contributed by atoms with Gasteiger partial charge in [-0.15, -0.1) is 0 Å². The second kappa shape index (κ2) is 4.42. The van der Waals surface area contributed by atoms with Crippen molar-refractivity contribution in [3.63, 3.8) is 0 Å². The van der Waals surface area contributed by atoms with Gasteiger partial charge in [-0.1, -0.05) is 6.07 Å². The van der Waals surface area contributed by atoms with Crippen molar-refractivity contribution < 1.29 is 27.6 Å². The summed E-state index contributed by atoms with van der Waals surface area (Å²) in [5, 5.41) is 2.13. The molecule has 1 amide bonds. The number of nitrogens with one attached hydrogen (secondary N) is 1. The van der Waals surface area contributed by atoms with Crippen LogP contribution >= 0.6 is 0 Å². The maximum absolute atomic E-state index is 13.2. The Morgan fingerprint density at radius 3 is 2.27 bits per heavy atom. The first kappa shape index (κ1) is 15.2. The standard InChI is InChI=1S/C14H16BF2NO4/c1-12(2)13(3,4)22-15(21-12)8-5-6-10-9(7-8)18-11(19)14(16,17)20-10/h5-7H,1-4H3,(H,18,19). The second-order valence-corrected chi connectivity index (χ2v) is 6.42. The lowest BCUT2D eigenvalue weighted by Gasteiger charge is -2.32. The van der Waals surface area contributed by atoms with Crippen LogP contribution in [0.2, 0.25) is 0 Å². The summed E-state index contributed by atoms with van der Waals surface area (Å²) in [5.41, 5.74) is -0.240. The van der Waals surface area contributed by atoms with Crippen molar-refractivity contribution in [3.05, 3.63) is 18.2 Å². The van der Waals surface area contributed by atoms with Crippen molar-refractivity contribution in [3.8, 4) is 5.75 Å². The van der Waals surface area contributed by atoms with Gasteiger partial charge in [-0.25, -0.2) is 0 Å². The first-order valence-corrected chi connectivity index (χ1v) is 6.90. The van der Waals surface area contributed by atoms with Crippen LogP contribution in [0.1, 0.15) is 27.7 Å². The van der Waals surface area contributed by atoms with E-state index in [2.05, 4.69) is 10.1 Å². The van der Waals surface area contributed by atoms with E-state index in [0.717, 1.165) is 0 Å². The van der Waals surface area contributed by atoms with Crippen LogP contribution < -0.4 is 15.5 Å². The molecular formula is C14H16BF2NO4. The van der Waals surface area contributed by atoms with Gasteiger partial charge >= 0.3 is 19.1 Å². The third kappa shape index (κ3) is 2.26. The number of carbonyl (C=O) groups excluding carboxylic acids is 1. The Hall–Kier alpha value is -1.67. The lowest BCUT2D eigenvalue weighted by atomic mass is 9.79. The molecule has 2 aliphatic rings. The number of anilines is 1. The predicted molar refractivity (Wildman–Crippen MR) is 76.4 cm³/mol. The molecule has 1 N–H and O–H groups in total. The highest BCUT2D eigenvalue weighted by Gasteiger charge is 2.52. The molecule has 5 nitrogen and oxygen atoms in total. The summed E-state index contributed by atoms with van der Waals surface area (Å²) in [4.78, 5) is 11.3. The van der Waals surface area contributed by atoms with Gasteiger partial charge in [-0.3, -0.25) is 4.79 Å². The molecular weight excluding hydrogens is 295 g/mol. The zero-order valence-electron chi connectivity index (χ0n) is 12.7. The lowest BCUT2D eigenvalue weighted by molar-refractivity contribution is -0.189. The van der Waals surface area contributed by atoms with Crippen LogP contribution in [0.4, 0.5) is 14.5 Å². The summed E-state index contributed by atoms with van der Waals surface area (Å²) in [6, 6.07) is 4.46. The molecule has 0 saturated carbocycles. The van der Waals surface area contributed by atoms with Crippen molar-refractivity contribution in [1.29, 1.82) is 0 Å². The Kier molecular flexibility index (Phi) is 3.06. The predicted octanol–water partition coefficient (Wildman–Crippen LogP) is 1.91. The molecule has 0 aliphatic carbocycles. The van der Waals surface area contributed by atoms with E-state index in [-0.39, 0.29) is 11.4 Å². The molecule has 2 heterocycles. The molecule has 0 bridgehead atoms. The quantitative estimate of drug-likeness (QED) is 0.805. The number of benzene rings is 1. The van der Waals surface area contributed by atoms with Gasteiger partial charge in [0.25, 0.3) is 0 Å². The highest BCUT2D eigenvalue weighted by Crippen LogP contribution is 2.38. The highest BCUT2D eigenvalue weighted by molar-refractivity contribution is 6.62. The SMILES string of the molecule is CC1(C)OB(c2ccc3c(c2)NC(=O)C(F)(F)O3)OC1(C)C.